The number of hydrogen-bond donors (Lipinski definition) is 1. The van der Waals surface area contributed by atoms with Gasteiger partial charge in [-0.15, -0.1) is 0 Å². The zero-order chi connectivity index (χ0) is 19.2. The number of H-pyrrole nitrogens is 1. The van der Waals surface area contributed by atoms with E-state index in [1.807, 2.05) is 18.2 Å². The maximum atomic E-state index is 11.8. The number of aromatic amines is 1. The third-order valence-corrected chi connectivity index (χ3v) is 3.75. The fraction of sp³-hybridized carbons (Fsp3) is 0.222. The van der Waals surface area contributed by atoms with E-state index in [9.17, 15) is 14.4 Å². The van der Waals surface area contributed by atoms with Gasteiger partial charge in [0.1, 0.15) is 18.1 Å². The van der Waals surface area contributed by atoms with Crippen LogP contribution in [0, 0.1) is 0 Å². The molecule has 9 nitrogen and oxygen atoms in total. The van der Waals surface area contributed by atoms with Crippen molar-refractivity contribution in [3.05, 3.63) is 69.1 Å². The first-order chi connectivity index (χ1) is 13.0. The topological polar surface area (TPSA) is 116 Å². The van der Waals surface area contributed by atoms with Gasteiger partial charge in [-0.1, -0.05) is 17.3 Å². The van der Waals surface area contributed by atoms with Crippen LogP contribution >= 0.6 is 0 Å². The molecule has 0 aliphatic carbocycles. The first-order valence-electron chi connectivity index (χ1n) is 8.10. The van der Waals surface area contributed by atoms with Crippen molar-refractivity contribution < 1.29 is 18.8 Å². The molecule has 3 rings (SSSR count). The SMILES string of the molecule is COc1cccc(-c2cc(COC(=O)CCn3ccc(=O)[nH]c3=O)no2)c1. The van der Waals surface area contributed by atoms with Crippen molar-refractivity contribution in [2.75, 3.05) is 7.11 Å². The van der Waals surface area contributed by atoms with Gasteiger partial charge in [-0.25, -0.2) is 4.79 Å². The second-order valence-corrected chi connectivity index (χ2v) is 5.63. The number of methoxy groups -OCH3 is 1. The molecule has 0 saturated heterocycles. The summed E-state index contributed by atoms with van der Waals surface area (Å²) in [5.74, 6) is 0.716. The zero-order valence-corrected chi connectivity index (χ0v) is 14.5. The van der Waals surface area contributed by atoms with Crippen LogP contribution in [0.15, 0.2) is 56.7 Å². The van der Waals surface area contributed by atoms with E-state index < -0.39 is 17.2 Å². The van der Waals surface area contributed by atoms with Gasteiger partial charge in [0.2, 0.25) is 0 Å². The number of aryl methyl sites for hydroxylation is 1. The average Bonchev–Trinajstić information content (AvgIpc) is 3.15. The van der Waals surface area contributed by atoms with Crippen molar-refractivity contribution in [3.63, 3.8) is 0 Å². The van der Waals surface area contributed by atoms with Crippen molar-refractivity contribution in [2.24, 2.45) is 0 Å². The van der Waals surface area contributed by atoms with Gasteiger partial charge in [0.25, 0.3) is 5.56 Å². The Morgan fingerprint density at radius 1 is 1.26 bits per heavy atom. The summed E-state index contributed by atoms with van der Waals surface area (Å²) in [5, 5.41) is 3.87. The lowest BCUT2D eigenvalue weighted by molar-refractivity contribution is -0.145. The Kier molecular flexibility index (Phi) is 5.50. The Balaban J connectivity index is 1.54. The monoisotopic (exact) mass is 371 g/mol. The van der Waals surface area contributed by atoms with Gasteiger partial charge in [0.15, 0.2) is 5.76 Å². The smallest absolute Gasteiger partial charge is 0.328 e. The van der Waals surface area contributed by atoms with Gasteiger partial charge < -0.3 is 18.6 Å². The molecule has 0 amide bonds. The Bertz CT molecular complexity index is 1050. The van der Waals surface area contributed by atoms with Gasteiger partial charge in [-0.05, 0) is 12.1 Å². The largest absolute Gasteiger partial charge is 0.497 e. The number of carbonyl (C=O) groups excluding carboxylic acids is 1. The lowest BCUT2D eigenvalue weighted by atomic mass is 10.1. The molecule has 1 aromatic carbocycles. The predicted molar refractivity (Wildman–Crippen MR) is 94.2 cm³/mol. The summed E-state index contributed by atoms with van der Waals surface area (Å²) < 4.78 is 16.8. The standard InChI is InChI=1S/C18H17N3O6/c1-25-14-4-2-3-12(9-14)15-10-13(20-27-15)11-26-17(23)6-8-21-7-5-16(22)19-18(21)24/h2-5,7,9-10H,6,8,11H2,1H3,(H,19,22,24). The molecule has 0 unspecified atom stereocenters. The number of carbonyl (C=O) groups is 1. The van der Waals surface area contributed by atoms with Crippen molar-refractivity contribution in [1.82, 2.24) is 14.7 Å². The number of nitrogens with zero attached hydrogens (tertiary/aromatic N) is 2. The fourth-order valence-electron chi connectivity index (χ4n) is 2.35. The van der Waals surface area contributed by atoms with E-state index in [2.05, 4.69) is 10.1 Å². The molecule has 0 aliphatic rings. The number of aromatic nitrogens is 3. The molecule has 0 fully saturated rings. The van der Waals surface area contributed by atoms with Gasteiger partial charge in [-0.2, -0.15) is 0 Å². The second-order valence-electron chi connectivity index (χ2n) is 5.63. The molecule has 2 heterocycles. The first kappa shape index (κ1) is 18.2. The van der Waals surface area contributed by atoms with Crippen LogP contribution in [0.25, 0.3) is 11.3 Å². The van der Waals surface area contributed by atoms with Gasteiger partial charge >= 0.3 is 11.7 Å². The van der Waals surface area contributed by atoms with Crippen molar-refractivity contribution in [2.45, 2.75) is 19.6 Å². The maximum Gasteiger partial charge on any atom is 0.328 e. The molecule has 0 radical (unpaired) electrons. The molecule has 9 heteroatoms. The van der Waals surface area contributed by atoms with E-state index in [0.717, 1.165) is 5.56 Å². The third-order valence-electron chi connectivity index (χ3n) is 3.75. The minimum atomic E-state index is -0.574. The number of esters is 1. The Morgan fingerprint density at radius 3 is 2.89 bits per heavy atom. The first-order valence-corrected chi connectivity index (χ1v) is 8.10. The summed E-state index contributed by atoms with van der Waals surface area (Å²) >= 11 is 0. The molecule has 0 aliphatic heterocycles. The summed E-state index contributed by atoms with van der Waals surface area (Å²) in [7, 11) is 1.57. The highest BCUT2D eigenvalue weighted by molar-refractivity contribution is 5.69. The Morgan fingerprint density at radius 2 is 2.11 bits per heavy atom. The summed E-state index contributed by atoms with van der Waals surface area (Å²) in [6, 6.07) is 10.2. The van der Waals surface area contributed by atoms with Crippen LogP contribution in [0.3, 0.4) is 0 Å². The minimum Gasteiger partial charge on any atom is -0.497 e. The molecule has 0 saturated carbocycles. The Labute approximate surface area is 153 Å². The molecule has 0 spiro atoms. The number of benzene rings is 1. The number of ether oxygens (including phenoxy) is 2. The lowest BCUT2D eigenvalue weighted by Crippen LogP contribution is -2.29. The van der Waals surface area contributed by atoms with Crippen LogP contribution in [-0.4, -0.2) is 27.8 Å². The molecule has 0 bridgehead atoms. The molecule has 140 valence electrons. The van der Waals surface area contributed by atoms with Gasteiger partial charge in [0.05, 0.1) is 13.5 Å². The van der Waals surface area contributed by atoms with Gasteiger partial charge in [-0.3, -0.25) is 14.6 Å². The molecule has 1 N–H and O–H groups in total. The van der Waals surface area contributed by atoms with Crippen LogP contribution < -0.4 is 16.0 Å². The minimum absolute atomic E-state index is 0.0213. The summed E-state index contributed by atoms with van der Waals surface area (Å²) in [5.41, 5.74) is 0.186. The molecule has 3 aromatic rings. The molecular weight excluding hydrogens is 354 g/mol. The maximum absolute atomic E-state index is 11.8. The number of hydrogen-bond acceptors (Lipinski definition) is 7. The zero-order valence-electron chi connectivity index (χ0n) is 14.5. The molecule has 0 atom stereocenters. The van der Waals surface area contributed by atoms with E-state index in [1.165, 1.54) is 16.8 Å². The lowest BCUT2D eigenvalue weighted by Gasteiger charge is -2.04. The van der Waals surface area contributed by atoms with E-state index in [4.69, 9.17) is 14.0 Å². The van der Waals surface area contributed by atoms with E-state index in [-0.39, 0.29) is 19.6 Å². The average molecular weight is 371 g/mol. The van der Waals surface area contributed by atoms with Crippen LogP contribution in [0.1, 0.15) is 12.1 Å². The highest BCUT2D eigenvalue weighted by atomic mass is 16.5. The normalized spacial score (nSPS) is 10.6. The van der Waals surface area contributed by atoms with Crippen molar-refractivity contribution in [1.29, 1.82) is 0 Å². The van der Waals surface area contributed by atoms with Crippen molar-refractivity contribution >= 4 is 5.97 Å². The number of rotatable bonds is 7. The fourth-order valence-corrected chi connectivity index (χ4v) is 2.35. The second kappa shape index (κ2) is 8.17. The van der Waals surface area contributed by atoms with Crippen LogP contribution in [-0.2, 0) is 22.7 Å². The third kappa shape index (κ3) is 4.72. The molecular formula is C18H17N3O6. The van der Waals surface area contributed by atoms with Crippen LogP contribution in [0.5, 0.6) is 5.75 Å². The van der Waals surface area contributed by atoms with E-state index >= 15 is 0 Å². The molecule has 2 aromatic heterocycles. The van der Waals surface area contributed by atoms with Crippen LogP contribution in [0.2, 0.25) is 0 Å². The summed E-state index contributed by atoms with van der Waals surface area (Å²) in [6.07, 6.45) is 1.30. The van der Waals surface area contributed by atoms with E-state index in [1.54, 1.807) is 19.2 Å². The number of nitrogens with one attached hydrogen (secondary N) is 1. The Hall–Kier alpha value is -3.62. The van der Waals surface area contributed by atoms with Crippen molar-refractivity contribution in [3.8, 4) is 17.1 Å². The highest BCUT2D eigenvalue weighted by Gasteiger charge is 2.10. The summed E-state index contributed by atoms with van der Waals surface area (Å²) in [6.45, 7) is 0.0507. The summed E-state index contributed by atoms with van der Waals surface area (Å²) in [4.78, 5) is 36.5. The van der Waals surface area contributed by atoms with Gasteiger partial charge in [0, 0.05) is 30.4 Å². The predicted octanol–water partition coefficient (Wildman–Crippen LogP) is 1.33. The van der Waals surface area contributed by atoms with Crippen LogP contribution in [0.4, 0.5) is 0 Å². The highest BCUT2D eigenvalue weighted by Crippen LogP contribution is 2.24. The van der Waals surface area contributed by atoms with E-state index in [0.29, 0.717) is 17.2 Å². The molecule has 27 heavy (non-hydrogen) atoms. The quantitative estimate of drug-likeness (QED) is 0.623.